The van der Waals surface area contributed by atoms with E-state index in [2.05, 4.69) is 16.3 Å². The molecule has 0 fully saturated rings. The quantitative estimate of drug-likeness (QED) is 0.295. The van der Waals surface area contributed by atoms with E-state index in [0.717, 1.165) is 21.7 Å². The number of halogens is 2. The van der Waals surface area contributed by atoms with E-state index in [9.17, 15) is 13.6 Å². The second-order valence-electron chi connectivity index (χ2n) is 8.23. The van der Waals surface area contributed by atoms with Crippen molar-refractivity contribution in [2.24, 2.45) is 0 Å². The number of aromatic nitrogens is 3. The zero-order valence-electron chi connectivity index (χ0n) is 18.9. The van der Waals surface area contributed by atoms with Gasteiger partial charge in [0, 0.05) is 22.9 Å². The van der Waals surface area contributed by atoms with Gasteiger partial charge in [-0.1, -0.05) is 36.4 Å². The zero-order valence-corrected chi connectivity index (χ0v) is 19.8. The molecule has 0 bridgehead atoms. The summed E-state index contributed by atoms with van der Waals surface area (Å²) in [5.41, 5.74) is 1.69. The largest absolute Gasteiger partial charge is 0.326 e. The van der Waals surface area contributed by atoms with Gasteiger partial charge in [0.15, 0.2) is 5.82 Å². The van der Waals surface area contributed by atoms with Gasteiger partial charge in [0.25, 0.3) is 5.91 Å². The van der Waals surface area contributed by atoms with Crippen LogP contribution in [0, 0.1) is 23.0 Å². The smallest absolute Gasteiger partial charge is 0.264 e. The van der Waals surface area contributed by atoms with Crippen LogP contribution in [-0.4, -0.2) is 25.6 Å². The van der Waals surface area contributed by atoms with Crippen molar-refractivity contribution in [2.45, 2.75) is 19.6 Å². The summed E-state index contributed by atoms with van der Waals surface area (Å²) in [7, 11) is 0. The van der Waals surface area contributed by atoms with Crippen LogP contribution in [0.25, 0.3) is 10.1 Å². The lowest BCUT2D eigenvalue weighted by Gasteiger charge is -2.22. The number of hydrogen-bond acceptors (Lipinski definition) is 5. The van der Waals surface area contributed by atoms with Crippen LogP contribution >= 0.6 is 11.3 Å². The number of hydrogen-bond donors (Lipinski definition) is 0. The highest BCUT2D eigenvalue weighted by Gasteiger charge is 2.22. The number of fused-ring (bicyclic) bond motifs is 1. The third kappa shape index (κ3) is 4.99. The molecule has 6 nitrogen and oxygen atoms in total. The van der Waals surface area contributed by atoms with Crippen LogP contribution in [-0.2, 0) is 19.6 Å². The molecule has 9 heteroatoms. The van der Waals surface area contributed by atoms with Gasteiger partial charge in [-0.05, 0) is 41.3 Å². The number of carbonyl (C=O) groups is 1. The molecular formula is C27H19F2N5OS. The van der Waals surface area contributed by atoms with E-state index in [1.165, 1.54) is 28.4 Å². The molecule has 0 N–H and O–H groups in total. The summed E-state index contributed by atoms with van der Waals surface area (Å²) in [6, 6.07) is 22.1. The summed E-state index contributed by atoms with van der Waals surface area (Å²) < 4.78 is 30.8. The molecule has 2 aromatic heterocycles. The first-order valence-electron chi connectivity index (χ1n) is 11.1. The Bertz CT molecular complexity index is 1550. The van der Waals surface area contributed by atoms with Crippen LogP contribution in [0.2, 0.25) is 0 Å². The Morgan fingerprint density at radius 1 is 1.03 bits per heavy atom. The van der Waals surface area contributed by atoms with Gasteiger partial charge in [-0.15, -0.1) is 21.5 Å². The molecule has 0 aliphatic rings. The maximum absolute atomic E-state index is 14.5. The number of amides is 1. The summed E-state index contributed by atoms with van der Waals surface area (Å²) in [4.78, 5) is 15.6. The molecule has 0 aliphatic carbocycles. The molecule has 0 spiro atoms. The van der Waals surface area contributed by atoms with Crippen LogP contribution < -0.4 is 0 Å². The Balaban J connectivity index is 1.45. The Morgan fingerprint density at radius 2 is 1.83 bits per heavy atom. The van der Waals surface area contributed by atoms with Crippen molar-refractivity contribution in [1.29, 1.82) is 5.26 Å². The highest BCUT2D eigenvalue weighted by atomic mass is 32.1. The lowest BCUT2D eigenvalue weighted by atomic mass is 10.1. The number of thiophene rings is 1. The van der Waals surface area contributed by atoms with Gasteiger partial charge in [0.05, 0.1) is 29.6 Å². The molecule has 0 radical (unpaired) electrons. The lowest BCUT2D eigenvalue weighted by molar-refractivity contribution is 0.0727. The van der Waals surface area contributed by atoms with E-state index >= 15 is 0 Å². The van der Waals surface area contributed by atoms with Gasteiger partial charge in [-0.25, -0.2) is 8.78 Å². The summed E-state index contributed by atoms with van der Waals surface area (Å²) in [6.45, 7) is 0.437. The maximum Gasteiger partial charge on any atom is 0.264 e. The second kappa shape index (κ2) is 10.1. The molecule has 2 heterocycles. The Morgan fingerprint density at radius 3 is 2.58 bits per heavy atom. The Kier molecular flexibility index (Phi) is 6.52. The number of nitriles is 1. The van der Waals surface area contributed by atoms with Crippen molar-refractivity contribution in [2.75, 3.05) is 0 Å². The van der Waals surface area contributed by atoms with Crippen LogP contribution in [0.4, 0.5) is 8.78 Å². The van der Waals surface area contributed by atoms with E-state index in [4.69, 9.17) is 5.26 Å². The molecule has 0 saturated carbocycles. The fraction of sp³-hybridized carbons (Fsp3) is 0.111. The predicted octanol–water partition coefficient (Wildman–Crippen LogP) is 5.53. The third-order valence-corrected chi connectivity index (χ3v) is 6.87. The van der Waals surface area contributed by atoms with E-state index < -0.39 is 11.6 Å². The fourth-order valence-electron chi connectivity index (χ4n) is 3.88. The summed E-state index contributed by atoms with van der Waals surface area (Å²) in [6.07, 6.45) is 1.56. The molecule has 3 aromatic carbocycles. The minimum absolute atomic E-state index is 0.0665. The highest BCUT2D eigenvalue weighted by Crippen LogP contribution is 2.27. The Labute approximate surface area is 209 Å². The van der Waals surface area contributed by atoms with Crippen LogP contribution in [0.1, 0.15) is 32.2 Å². The predicted molar refractivity (Wildman–Crippen MR) is 132 cm³/mol. The van der Waals surface area contributed by atoms with Crippen LogP contribution in [0.5, 0.6) is 0 Å². The summed E-state index contributed by atoms with van der Waals surface area (Å²) in [5, 5.41) is 18.2. The van der Waals surface area contributed by atoms with Crippen molar-refractivity contribution in [1.82, 2.24) is 19.7 Å². The van der Waals surface area contributed by atoms with Crippen molar-refractivity contribution < 1.29 is 13.6 Å². The van der Waals surface area contributed by atoms with Crippen LogP contribution in [0.15, 0.2) is 79.1 Å². The van der Waals surface area contributed by atoms with E-state index in [1.54, 1.807) is 23.0 Å². The second-order valence-corrected chi connectivity index (χ2v) is 9.31. The standard InChI is InChI=1S/C27H19F2N5OS/c28-22-10-9-21(23(29)12-22)15-33(27(35)25-11-20-3-1-2-4-24(20)36-25)16-26-32-31-17-34(26)14-19-7-5-18(13-30)6-8-19/h1-12,17H,14-16H2. The van der Waals surface area contributed by atoms with E-state index in [0.29, 0.717) is 22.8 Å². The number of rotatable bonds is 7. The molecular weight excluding hydrogens is 480 g/mol. The monoisotopic (exact) mass is 499 g/mol. The molecule has 0 unspecified atom stereocenters. The van der Waals surface area contributed by atoms with E-state index in [1.807, 2.05) is 42.5 Å². The first-order chi connectivity index (χ1) is 17.5. The first-order valence-corrected chi connectivity index (χ1v) is 11.9. The minimum atomic E-state index is -0.719. The number of benzene rings is 3. The highest BCUT2D eigenvalue weighted by molar-refractivity contribution is 7.20. The SMILES string of the molecule is N#Cc1ccc(Cn2cnnc2CN(Cc2ccc(F)cc2F)C(=O)c2cc3ccccc3s2)cc1. The molecule has 5 rings (SSSR count). The van der Waals surface area contributed by atoms with Gasteiger partial charge in [-0.2, -0.15) is 5.26 Å². The molecule has 5 aromatic rings. The van der Waals surface area contributed by atoms with Crippen molar-refractivity contribution in [3.63, 3.8) is 0 Å². The van der Waals surface area contributed by atoms with Crippen LogP contribution in [0.3, 0.4) is 0 Å². The molecule has 0 aliphatic heterocycles. The maximum atomic E-state index is 14.5. The number of nitrogens with zero attached hydrogens (tertiary/aromatic N) is 5. The van der Waals surface area contributed by atoms with Crippen molar-refractivity contribution in [3.8, 4) is 6.07 Å². The van der Waals surface area contributed by atoms with Crippen molar-refractivity contribution >= 4 is 27.3 Å². The fourth-order valence-corrected chi connectivity index (χ4v) is 4.91. The minimum Gasteiger partial charge on any atom is -0.326 e. The molecule has 0 atom stereocenters. The summed E-state index contributed by atoms with van der Waals surface area (Å²) >= 11 is 1.36. The van der Waals surface area contributed by atoms with E-state index in [-0.39, 0.29) is 24.6 Å². The number of carbonyl (C=O) groups excluding carboxylic acids is 1. The van der Waals surface area contributed by atoms with Crippen molar-refractivity contribution in [3.05, 3.63) is 118 Å². The average Bonchev–Trinajstić information content (AvgIpc) is 3.52. The topological polar surface area (TPSA) is 74.8 Å². The first kappa shape index (κ1) is 23.3. The zero-order chi connectivity index (χ0) is 25.1. The van der Waals surface area contributed by atoms with Gasteiger partial charge in [-0.3, -0.25) is 4.79 Å². The van der Waals surface area contributed by atoms with Gasteiger partial charge in [0.1, 0.15) is 18.0 Å². The average molecular weight is 500 g/mol. The molecule has 0 saturated heterocycles. The molecule has 1 amide bonds. The normalized spacial score (nSPS) is 10.9. The lowest BCUT2D eigenvalue weighted by Crippen LogP contribution is -2.31. The molecule has 36 heavy (non-hydrogen) atoms. The Hall–Kier alpha value is -4.42. The third-order valence-electron chi connectivity index (χ3n) is 5.76. The summed E-state index contributed by atoms with van der Waals surface area (Å²) in [5.74, 6) is -1.17. The van der Waals surface area contributed by atoms with Gasteiger partial charge in [0.2, 0.25) is 0 Å². The van der Waals surface area contributed by atoms with Gasteiger partial charge < -0.3 is 9.47 Å². The molecule has 178 valence electrons. The van der Waals surface area contributed by atoms with Gasteiger partial charge >= 0.3 is 0 Å².